The zero-order valence-corrected chi connectivity index (χ0v) is 5.94. The van der Waals surface area contributed by atoms with Gasteiger partial charge in [0.25, 0.3) is 0 Å². The van der Waals surface area contributed by atoms with Gasteiger partial charge in [0.1, 0.15) is 0 Å². The van der Waals surface area contributed by atoms with Crippen LogP contribution < -0.4 is 0 Å². The maximum Gasteiger partial charge on any atom is -0.0142 e. The molecule has 0 radical (unpaired) electrons. The average molecular weight is 110 g/mol. The van der Waals surface area contributed by atoms with Crippen LogP contribution in [-0.4, -0.2) is 0 Å². The Bertz CT molecular complexity index is 96.6. The second-order valence-corrected chi connectivity index (χ2v) is 1.91. The lowest BCUT2D eigenvalue weighted by Gasteiger charge is -1.88. The van der Waals surface area contributed by atoms with E-state index in [1.165, 1.54) is 5.57 Å². The number of hydrogen-bond acceptors (Lipinski definition) is 0. The maximum absolute atomic E-state index is 2.16. The summed E-state index contributed by atoms with van der Waals surface area (Å²) in [6.45, 7) is 6.25. The Kier molecular flexibility index (Phi) is 4.33. The van der Waals surface area contributed by atoms with Gasteiger partial charge >= 0.3 is 0 Å². The monoisotopic (exact) mass is 110 g/mol. The van der Waals surface area contributed by atoms with Gasteiger partial charge in [0.2, 0.25) is 0 Å². The molecule has 0 N–H and O–H groups in total. The molecule has 0 rings (SSSR count). The lowest BCUT2D eigenvalue weighted by molar-refractivity contribution is 1.19. The van der Waals surface area contributed by atoms with E-state index in [-0.39, 0.29) is 0 Å². The molecular formula is C8H14. The summed E-state index contributed by atoms with van der Waals surface area (Å²) in [6, 6.07) is 0. The van der Waals surface area contributed by atoms with Gasteiger partial charge < -0.3 is 0 Å². The molecule has 0 aliphatic carbocycles. The molecule has 0 unspecified atom stereocenters. The first-order valence-electron chi connectivity index (χ1n) is 3.04. The van der Waals surface area contributed by atoms with Crippen LogP contribution in [0.3, 0.4) is 0 Å². The van der Waals surface area contributed by atoms with Crippen molar-refractivity contribution in [3.8, 4) is 0 Å². The standard InChI is InChI=1S/C8H14/c1-4-6-7-8(3)5-2/h4-6H,7H2,1-3H3/b6-4+,8-5?. The highest BCUT2D eigenvalue weighted by atomic mass is 13.8. The van der Waals surface area contributed by atoms with E-state index < -0.39 is 0 Å². The van der Waals surface area contributed by atoms with Gasteiger partial charge in [0, 0.05) is 0 Å². The number of allylic oxidation sites excluding steroid dienone is 4. The van der Waals surface area contributed by atoms with E-state index in [0.717, 1.165) is 6.42 Å². The fourth-order valence-corrected chi connectivity index (χ4v) is 0.422. The summed E-state index contributed by atoms with van der Waals surface area (Å²) in [6.07, 6.45) is 7.48. The highest BCUT2D eigenvalue weighted by molar-refractivity contribution is 5.01. The van der Waals surface area contributed by atoms with Crippen LogP contribution in [-0.2, 0) is 0 Å². The third-order valence-corrected chi connectivity index (χ3v) is 1.17. The van der Waals surface area contributed by atoms with Crippen molar-refractivity contribution >= 4 is 0 Å². The molecule has 0 heterocycles. The fourth-order valence-electron chi connectivity index (χ4n) is 0.422. The predicted octanol–water partition coefficient (Wildman–Crippen LogP) is 2.92. The minimum atomic E-state index is 1.10. The Morgan fingerprint density at radius 2 is 2.00 bits per heavy atom. The minimum absolute atomic E-state index is 1.10. The Labute approximate surface area is 51.9 Å². The first kappa shape index (κ1) is 7.48. The van der Waals surface area contributed by atoms with Crippen molar-refractivity contribution in [1.82, 2.24) is 0 Å². The van der Waals surface area contributed by atoms with Crippen molar-refractivity contribution in [3.63, 3.8) is 0 Å². The molecule has 0 aliphatic rings. The molecule has 0 nitrogen and oxygen atoms in total. The quantitative estimate of drug-likeness (QED) is 0.479. The summed E-state index contributed by atoms with van der Waals surface area (Å²) in [4.78, 5) is 0. The summed E-state index contributed by atoms with van der Waals surface area (Å²) in [5, 5.41) is 0. The normalized spacial score (nSPS) is 13.1. The topological polar surface area (TPSA) is 0 Å². The van der Waals surface area contributed by atoms with E-state index in [4.69, 9.17) is 0 Å². The van der Waals surface area contributed by atoms with Crippen LogP contribution in [0.2, 0.25) is 0 Å². The third kappa shape index (κ3) is 3.66. The van der Waals surface area contributed by atoms with Gasteiger partial charge in [-0.25, -0.2) is 0 Å². The van der Waals surface area contributed by atoms with Crippen molar-refractivity contribution in [3.05, 3.63) is 23.8 Å². The molecule has 0 saturated carbocycles. The van der Waals surface area contributed by atoms with E-state index in [9.17, 15) is 0 Å². The molecule has 0 aromatic rings. The van der Waals surface area contributed by atoms with Crippen LogP contribution >= 0.6 is 0 Å². The largest absolute Gasteiger partial charge is 0.0913 e. The summed E-state index contributed by atoms with van der Waals surface area (Å²) in [5.74, 6) is 0. The van der Waals surface area contributed by atoms with Crippen LogP contribution in [0.5, 0.6) is 0 Å². The summed E-state index contributed by atoms with van der Waals surface area (Å²) >= 11 is 0. The summed E-state index contributed by atoms with van der Waals surface area (Å²) in [7, 11) is 0. The average Bonchev–Trinajstić information content (AvgIpc) is 1.83. The predicted molar refractivity (Wildman–Crippen MR) is 38.9 cm³/mol. The summed E-state index contributed by atoms with van der Waals surface area (Å²) in [5.41, 5.74) is 1.43. The van der Waals surface area contributed by atoms with Crippen molar-refractivity contribution in [1.29, 1.82) is 0 Å². The molecule has 0 heteroatoms. The van der Waals surface area contributed by atoms with Crippen LogP contribution in [0.4, 0.5) is 0 Å². The zero-order valence-electron chi connectivity index (χ0n) is 5.94. The number of rotatable bonds is 2. The Balaban J connectivity index is 3.40. The Hall–Kier alpha value is -0.520. The molecule has 0 aliphatic heterocycles. The van der Waals surface area contributed by atoms with Crippen LogP contribution in [0.1, 0.15) is 27.2 Å². The first-order valence-corrected chi connectivity index (χ1v) is 3.04. The van der Waals surface area contributed by atoms with Crippen LogP contribution in [0.25, 0.3) is 0 Å². The van der Waals surface area contributed by atoms with E-state index >= 15 is 0 Å². The van der Waals surface area contributed by atoms with E-state index in [1.807, 2.05) is 6.92 Å². The maximum atomic E-state index is 2.16. The summed E-state index contributed by atoms with van der Waals surface area (Å²) < 4.78 is 0. The molecule has 0 spiro atoms. The fraction of sp³-hybridized carbons (Fsp3) is 0.500. The Morgan fingerprint density at radius 3 is 2.38 bits per heavy atom. The second kappa shape index (κ2) is 4.63. The molecular weight excluding hydrogens is 96.1 g/mol. The van der Waals surface area contributed by atoms with Crippen molar-refractivity contribution < 1.29 is 0 Å². The van der Waals surface area contributed by atoms with E-state index in [1.54, 1.807) is 0 Å². The smallest absolute Gasteiger partial charge is 0.0142 e. The van der Waals surface area contributed by atoms with Crippen molar-refractivity contribution in [2.24, 2.45) is 0 Å². The van der Waals surface area contributed by atoms with Gasteiger partial charge in [-0.15, -0.1) is 0 Å². The van der Waals surface area contributed by atoms with Gasteiger partial charge in [-0.05, 0) is 27.2 Å². The van der Waals surface area contributed by atoms with Gasteiger partial charge in [0.15, 0.2) is 0 Å². The van der Waals surface area contributed by atoms with Crippen molar-refractivity contribution in [2.75, 3.05) is 0 Å². The minimum Gasteiger partial charge on any atom is -0.0913 e. The molecule has 8 heavy (non-hydrogen) atoms. The number of hydrogen-bond donors (Lipinski definition) is 0. The van der Waals surface area contributed by atoms with Gasteiger partial charge in [-0.2, -0.15) is 0 Å². The SMILES string of the molecule is CC=C(C)C/C=C/C. The van der Waals surface area contributed by atoms with Gasteiger partial charge in [0.05, 0.1) is 0 Å². The molecule has 0 saturated heterocycles. The van der Waals surface area contributed by atoms with E-state index in [2.05, 4.69) is 32.1 Å². The van der Waals surface area contributed by atoms with Gasteiger partial charge in [-0.3, -0.25) is 0 Å². The Morgan fingerprint density at radius 1 is 1.38 bits per heavy atom. The lowest BCUT2D eigenvalue weighted by Crippen LogP contribution is -1.67. The zero-order chi connectivity index (χ0) is 6.41. The first-order chi connectivity index (χ1) is 3.81. The lowest BCUT2D eigenvalue weighted by atomic mass is 10.2. The molecule has 0 amide bonds. The molecule has 0 fully saturated rings. The molecule has 46 valence electrons. The molecule has 0 bridgehead atoms. The highest BCUT2D eigenvalue weighted by Gasteiger charge is 1.77. The van der Waals surface area contributed by atoms with E-state index in [0.29, 0.717) is 0 Å². The second-order valence-electron chi connectivity index (χ2n) is 1.91. The molecule has 0 atom stereocenters. The highest BCUT2D eigenvalue weighted by Crippen LogP contribution is 1.98. The van der Waals surface area contributed by atoms with Crippen LogP contribution in [0.15, 0.2) is 23.8 Å². The molecule has 0 aromatic carbocycles. The van der Waals surface area contributed by atoms with Crippen molar-refractivity contribution in [2.45, 2.75) is 27.2 Å². The third-order valence-electron chi connectivity index (χ3n) is 1.17. The van der Waals surface area contributed by atoms with Crippen LogP contribution in [0, 0.1) is 0 Å². The van der Waals surface area contributed by atoms with Gasteiger partial charge in [-0.1, -0.05) is 23.8 Å². The molecule has 0 aromatic heterocycles.